The van der Waals surface area contributed by atoms with Crippen molar-refractivity contribution in [2.75, 3.05) is 55.6 Å². The molecule has 0 bridgehead atoms. The Balaban J connectivity index is 0.747. The van der Waals surface area contributed by atoms with E-state index in [1.807, 2.05) is 42.5 Å². The summed E-state index contributed by atoms with van der Waals surface area (Å²) in [5.41, 5.74) is 2.12. The molecule has 9 rings (SSSR count). The summed E-state index contributed by atoms with van der Waals surface area (Å²) in [7, 11) is 0. The van der Waals surface area contributed by atoms with Gasteiger partial charge in [-0.1, -0.05) is 27.7 Å². The number of imide groups is 1. The lowest BCUT2D eigenvalue weighted by Gasteiger charge is -2.63. The van der Waals surface area contributed by atoms with Gasteiger partial charge in [0.1, 0.15) is 24.0 Å². The number of benzene rings is 3. The van der Waals surface area contributed by atoms with Crippen molar-refractivity contribution >= 4 is 50.8 Å². The van der Waals surface area contributed by atoms with Crippen LogP contribution in [0.15, 0.2) is 82.6 Å². The average Bonchev–Trinajstić information content (AvgIpc) is 3.28. The van der Waals surface area contributed by atoms with Crippen LogP contribution in [0.2, 0.25) is 0 Å². The summed E-state index contributed by atoms with van der Waals surface area (Å²) in [6.45, 7) is 14.9. The number of hydrogen-bond acceptors (Lipinski definition) is 11. The van der Waals surface area contributed by atoms with Crippen molar-refractivity contribution in [2.24, 2.45) is 16.7 Å². The Morgan fingerprint density at radius 2 is 1.57 bits per heavy atom. The highest BCUT2D eigenvalue weighted by Gasteiger charge is 2.64. The van der Waals surface area contributed by atoms with E-state index in [2.05, 4.69) is 69.2 Å². The lowest BCUT2D eigenvalue weighted by Crippen LogP contribution is -2.74. The first-order chi connectivity index (χ1) is 30.2. The molecule has 5 aromatic rings. The Labute approximate surface area is 365 Å². The van der Waals surface area contributed by atoms with Crippen LogP contribution in [-0.2, 0) is 9.59 Å². The maximum absolute atomic E-state index is 13.7. The van der Waals surface area contributed by atoms with Crippen LogP contribution in [0.3, 0.4) is 0 Å². The number of aromatic nitrogens is 3. The maximum Gasteiger partial charge on any atom is 0.275 e. The Kier molecular flexibility index (Phi) is 10.8. The number of piperazine rings is 1. The van der Waals surface area contributed by atoms with Crippen LogP contribution in [0, 0.1) is 28.1 Å². The van der Waals surface area contributed by atoms with E-state index in [1.165, 1.54) is 16.9 Å². The summed E-state index contributed by atoms with van der Waals surface area (Å²) in [5.74, 6) is 0.0658. The third kappa shape index (κ3) is 7.70. The number of nitriles is 1. The SMILES string of the molecule is CC1(C)C(NC(=O)c2ccc(N3CCC(CN4CCN(c5ccc6c(=O)n(C7CCC(=O)NC7=O)ncc6c5)CC4)CC3)cc2)C(C)(C)C1Oc1ccc(C#N)c2[nH]ccc(=O)c12. The van der Waals surface area contributed by atoms with Gasteiger partial charge in [-0.2, -0.15) is 10.4 Å². The molecule has 4 aliphatic rings. The number of rotatable bonds is 9. The molecule has 3 amide bonds. The molecule has 63 heavy (non-hydrogen) atoms. The van der Waals surface area contributed by atoms with E-state index in [9.17, 15) is 29.2 Å². The minimum atomic E-state index is -0.787. The molecule has 15 nitrogen and oxygen atoms in total. The van der Waals surface area contributed by atoms with Gasteiger partial charge in [0.05, 0.1) is 28.0 Å². The number of hydrogen-bond donors (Lipinski definition) is 3. The Bertz CT molecular complexity index is 2760. The van der Waals surface area contributed by atoms with Crippen molar-refractivity contribution in [3.05, 3.63) is 105 Å². The van der Waals surface area contributed by atoms with E-state index in [0.717, 1.165) is 75.4 Å². The number of nitrogens with one attached hydrogen (secondary N) is 3. The smallest absolute Gasteiger partial charge is 0.275 e. The number of amides is 3. The fourth-order valence-electron chi connectivity index (χ4n) is 10.8. The molecule has 4 fully saturated rings. The van der Waals surface area contributed by atoms with Gasteiger partial charge in [0, 0.05) is 104 Å². The van der Waals surface area contributed by atoms with Crippen molar-refractivity contribution in [2.45, 2.75) is 71.6 Å². The van der Waals surface area contributed by atoms with Crippen molar-refractivity contribution < 1.29 is 19.1 Å². The number of aromatic amines is 1. The zero-order valence-electron chi connectivity index (χ0n) is 36.1. The van der Waals surface area contributed by atoms with Gasteiger partial charge in [-0.05, 0) is 79.8 Å². The standard InChI is InChI=1S/C48H53N9O6/c1-47(2)45(48(3,4)46(47)63-38-13-7-31(26-49)41-40(38)37(58)15-18-50-41)53-42(60)30-5-8-33(9-6-30)55-19-16-29(17-20-55)28-54-21-23-56(24-22-54)34-10-11-35-32(25-34)27-51-57(44(35)62)36-12-14-39(59)52-43(36)61/h5-11,13,15,18,25,27,29,36,45-46H,12,14,16-17,19-24,28H2,1-4H3,(H,50,58)(H,53,60)(H,52,59,61). The fourth-order valence-corrected chi connectivity index (χ4v) is 10.8. The molecule has 1 aliphatic carbocycles. The summed E-state index contributed by atoms with van der Waals surface area (Å²) < 4.78 is 7.76. The number of H-pyrrole nitrogens is 1. The largest absolute Gasteiger partial charge is 0.488 e. The normalized spacial score (nSPS) is 22.6. The third-order valence-corrected chi connectivity index (χ3v) is 14.0. The van der Waals surface area contributed by atoms with Crippen LogP contribution in [0.4, 0.5) is 11.4 Å². The summed E-state index contributed by atoms with van der Waals surface area (Å²) in [6, 6.07) is 19.6. The molecule has 5 heterocycles. The molecule has 0 spiro atoms. The number of carbonyl (C=O) groups is 3. The number of fused-ring (bicyclic) bond motifs is 2. The van der Waals surface area contributed by atoms with Gasteiger partial charge in [-0.3, -0.25) is 34.2 Å². The summed E-state index contributed by atoms with van der Waals surface area (Å²) in [6.07, 6.45) is 5.49. The number of anilines is 2. The predicted octanol–water partition coefficient (Wildman–Crippen LogP) is 4.74. The van der Waals surface area contributed by atoms with E-state index in [1.54, 1.807) is 18.3 Å². The number of nitrogens with zero attached hydrogens (tertiary/aromatic N) is 6. The van der Waals surface area contributed by atoms with E-state index in [4.69, 9.17) is 4.74 Å². The average molecular weight is 852 g/mol. The second-order valence-corrected chi connectivity index (χ2v) is 18.8. The van der Waals surface area contributed by atoms with Crippen LogP contribution in [-0.4, -0.2) is 95.3 Å². The van der Waals surface area contributed by atoms with E-state index >= 15 is 0 Å². The van der Waals surface area contributed by atoms with Gasteiger partial charge < -0.3 is 24.8 Å². The molecule has 3 aromatic carbocycles. The number of pyridine rings is 1. The minimum absolute atomic E-state index is 0.140. The van der Waals surface area contributed by atoms with Gasteiger partial charge in [-0.15, -0.1) is 0 Å². The Hall–Kier alpha value is -6.53. The molecule has 326 valence electrons. The first-order valence-corrected chi connectivity index (χ1v) is 21.9. The topological polar surface area (TPSA) is 186 Å². The lowest BCUT2D eigenvalue weighted by atomic mass is 9.49. The van der Waals surface area contributed by atoms with Crippen LogP contribution >= 0.6 is 0 Å². The Morgan fingerprint density at radius 1 is 0.873 bits per heavy atom. The first-order valence-electron chi connectivity index (χ1n) is 21.9. The van der Waals surface area contributed by atoms with Crippen LogP contribution in [0.25, 0.3) is 21.7 Å². The molecular formula is C48H53N9O6. The second kappa shape index (κ2) is 16.3. The first kappa shape index (κ1) is 41.8. The summed E-state index contributed by atoms with van der Waals surface area (Å²) in [4.78, 5) is 74.1. The molecule has 15 heteroatoms. The molecule has 3 aliphatic heterocycles. The van der Waals surface area contributed by atoms with Gasteiger partial charge in [0.2, 0.25) is 5.91 Å². The van der Waals surface area contributed by atoms with Gasteiger partial charge >= 0.3 is 0 Å². The molecular weight excluding hydrogens is 799 g/mol. The number of piperidine rings is 2. The highest BCUT2D eigenvalue weighted by molar-refractivity contribution is 5.99. The van der Waals surface area contributed by atoms with Crippen molar-refractivity contribution in [3.8, 4) is 11.8 Å². The molecule has 2 aromatic heterocycles. The van der Waals surface area contributed by atoms with Gasteiger partial charge in [0.25, 0.3) is 17.4 Å². The van der Waals surface area contributed by atoms with Crippen molar-refractivity contribution in [1.29, 1.82) is 5.26 Å². The van der Waals surface area contributed by atoms with Crippen LogP contribution in [0.1, 0.15) is 75.3 Å². The highest BCUT2D eigenvalue weighted by atomic mass is 16.5. The van der Waals surface area contributed by atoms with E-state index in [0.29, 0.717) is 39.1 Å². The predicted molar refractivity (Wildman–Crippen MR) is 240 cm³/mol. The molecule has 1 unspecified atom stereocenters. The zero-order valence-corrected chi connectivity index (χ0v) is 36.1. The second-order valence-electron chi connectivity index (χ2n) is 18.8. The quantitative estimate of drug-likeness (QED) is 0.174. The molecule has 1 saturated carbocycles. The van der Waals surface area contributed by atoms with Crippen LogP contribution in [0.5, 0.6) is 5.75 Å². The van der Waals surface area contributed by atoms with Crippen LogP contribution < -0.4 is 36.2 Å². The Morgan fingerprint density at radius 3 is 2.27 bits per heavy atom. The lowest BCUT2D eigenvalue weighted by molar-refractivity contribution is -0.163. The maximum atomic E-state index is 13.7. The molecule has 3 saturated heterocycles. The number of ether oxygens (including phenoxy) is 1. The third-order valence-electron chi connectivity index (χ3n) is 14.0. The molecule has 0 radical (unpaired) electrons. The van der Waals surface area contributed by atoms with E-state index < -0.39 is 22.8 Å². The van der Waals surface area contributed by atoms with Gasteiger partial charge in [0.15, 0.2) is 5.43 Å². The fraction of sp³-hybridized carbons (Fsp3) is 0.438. The minimum Gasteiger partial charge on any atom is -0.488 e. The van der Waals surface area contributed by atoms with Crippen molar-refractivity contribution in [1.82, 2.24) is 30.3 Å². The zero-order chi connectivity index (χ0) is 44.2. The van der Waals surface area contributed by atoms with Crippen molar-refractivity contribution in [3.63, 3.8) is 0 Å². The van der Waals surface area contributed by atoms with Gasteiger partial charge in [-0.25, -0.2) is 4.68 Å². The monoisotopic (exact) mass is 851 g/mol. The molecule has 1 atom stereocenters. The van der Waals surface area contributed by atoms with E-state index in [-0.39, 0.29) is 47.8 Å². The number of carbonyl (C=O) groups excluding carboxylic acids is 3. The summed E-state index contributed by atoms with van der Waals surface area (Å²) >= 11 is 0. The highest BCUT2D eigenvalue weighted by Crippen LogP contribution is 2.56. The summed E-state index contributed by atoms with van der Waals surface area (Å²) in [5, 5.41) is 21.1. The molecule has 3 N–H and O–H groups in total.